The van der Waals surface area contributed by atoms with Crippen LogP contribution in [0, 0.1) is 0 Å². The molecule has 5 nitrogen and oxygen atoms in total. The molecule has 0 saturated heterocycles. The van der Waals surface area contributed by atoms with Crippen LogP contribution in [-0.2, 0) is 13.2 Å². The Bertz CT molecular complexity index is 1080. The predicted octanol–water partition coefficient (Wildman–Crippen LogP) is 3.43. The number of aliphatic hydroxyl groups excluding tert-OH is 1. The molecule has 2 heterocycles. The molecule has 5 heteroatoms. The van der Waals surface area contributed by atoms with Gasteiger partial charge in [0.1, 0.15) is 0 Å². The van der Waals surface area contributed by atoms with E-state index in [1.165, 1.54) is 0 Å². The molecular weight excluding hydrogens is 316 g/mol. The Kier molecular flexibility index (Phi) is 3.71. The lowest BCUT2D eigenvalue weighted by Gasteiger charge is -2.08. The number of hydrogen-bond donors (Lipinski definition) is 2. The zero-order valence-electron chi connectivity index (χ0n) is 13.4. The lowest BCUT2D eigenvalue weighted by molar-refractivity contribution is 0.0697. The highest BCUT2D eigenvalue weighted by Crippen LogP contribution is 2.30. The standard InChI is InChI=1S/C20H16N2O3/c23-12-14-3-6-16-17-7-8-21-10-19(17)22(18(16)9-14)11-13-1-4-15(5-2-13)20(24)25/h1-10,23H,11-12H2,(H,24,25). The lowest BCUT2D eigenvalue weighted by atomic mass is 10.1. The predicted molar refractivity (Wildman–Crippen MR) is 95.7 cm³/mol. The average molecular weight is 332 g/mol. The average Bonchev–Trinajstić information content (AvgIpc) is 2.95. The van der Waals surface area contributed by atoms with Crippen LogP contribution in [0.5, 0.6) is 0 Å². The summed E-state index contributed by atoms with van der Waals surface area (Å²) in [6.45, 7) is 0.587. The molecule has 0 atom stereocenters. The highest BCUT2D eigenvalue weighted by atomic mass is 16.4. The molecule has 0 aliphatic rings. The van der Waals surface area contributed by atoms with E-state index < -0.39 is 5.97 Å². The third-order valence-electron chi connectivity index (χ3n) is 4.46. The van der Waals surface area contributed by atoms with Gasteiger partial charge in [-0.1, -0.05) is 24.3 Å². The summed E-state index contributed by atoms with van der Waals surface area (Å²) in [5.41, 5.74) is 4.16. The SMILES string of the molecule is O=C(O)c1ccc(Cn2c3cnccc3c3ccc(CO)cc32)cc1. The Hall–Kier alpha value is -3.18. The van der Waals surface area contributed by atoms with Gasteiger partial charge < -0.3 is 14.8 Å². The number of nitrogens with zero attached hydrogens (tertiary/aromatic N) is 2. The first-order valence-corrected chi connectivity index (χ1v) is 7.95. The van der Waals surface area contributed by atoms with Gasteiger partial charge >= 0.3 is 5.97 Å². The number of carboxylic acids is 1. The molecule has 2 N–H and O–H groups in total. The Balaban J connectivity index is 1.87. The van der Waals surface area contributed by atoms with Gasteiger partial charge in [0.2, 0.25) is 0 Å². The molecule has 0 saturated carbocycles. The first-order chi connectivity index (χ1) is 12.2. The van der Waals surface area contributed by atoms with Gasteiger partial charge in [0.25, 0.3) is 0 Å². The highest BCUT2D eigenvalue weighted by Gasteiger charge is 2.12. The van der Waals surface area contributed by atoms with E-state index in [1.54, 1.807) is 18.3 Å². The van der Waals surface area contributed by atoms with Crippen LogP contribution < -0.4 is 0 Å². The van der Waals surface area contributed by atoms with Crippen LogP contribution in [0.25, 0.3) is 21.8 Å². The zero-order chi connectivity index (χ0) is 17.4. The van der Waals surface area contributed by atoms with Crippen LogP contribution in [-0.4, -0.2) is 25.7 Å². The van der Waals surface area contributed by atoms with E-state index in [4.69, 9.17) is 5.11 Å². The van der Waals surface area contributed by atoms with Crippen LogP contribution in [0.2, 0.25) is 0 Å². The third kappa shape index (κ3) is 2.64. The molecule has 4 rings (SSSR count). The first-order valence-electron chi connectivity index (χ1n) is 7.95. The summed E-state index contributed by atoms with van der Waals surface area (Å²) < 4.78 is 2.15. The molecule has 0 aliphatic heterocycles. The first kappa shape index (κ1) is 15.4. The number of benzene rings is 2. The molecular formula is C20H16N2O3. The van der Waals surface area contributed by atoms with Crippen LogP contribution in [0.1, 0.15) is 21.5 Å². The maximum atomic E-state index is 11.0. The van der Waals surface area contributed by atoms with Crippen LogP contribution in [0.3, 0.4) is 0 Å². The molecule has 25 heavy (non-hydrogen) atoms. The number of hydrogen-bond acceptors (Lipinski definition) is 3. The smallest absolute Gasteiger partial charge is 0.335 e. The second-order valence-corrected chi connectivity index (χ2v) is 5.99. The summed E-state index contributed by atoms with van der Waals surface area (Å²) >= 11 is 0. The monoisotopic (exact) mass is 332 g/mol. The fourth-order valence-electron chi connectivity index (χ4n) is 3.19. The van der Waals surface area contributed by atoms with Crippen molar-refractivity contribution in [1.82, 2.24) is 9.55 Å². The Morgan fingerprint density at radius 2 is 1.68 bits per heavy atom. The molecule has 0 fully saturated rings. The van der Waals surface area contributed by atoms with Crippen molar-refractivity contribution >= 4 is 27.8 Å². The van der Waals surface area contributed by atoms with Crippen molar-refractivity contribution < 1.29 is 15.0 Å². The Morgan fingerprint density at radius 1 is 0.960 bits per heavy atom. The van der Waals surface area contributed by atoms with Gasteiger partial charge in [-0.05, 0) is 35.4 Å². The minimum atomic E-state index is -0.930. The minimum absolute atomic E-state index is 0.0109. The van der Waals surface area contributed by atoms with Gasteiger partial charge in [0.05, 0.1) is 23.9 Å². The molecule has 0 unspecified atom stereocenters. The molecule has 124 valence electrons. The van der Waals surface area contributed by atoms with Gasteiger partial charge in [0, 0.05) is 29.0 Å². The van der Waals surface area contributed by atoms with E-state index in [9.17, 15) is 9.90 Å². The maximum absolute atomic E-state index is 11.0. The van der Waals surface area contributed by atoms with Crippen molar-refractivity contribution in [1.29, 1.82) is 0 Å². The van der Waals surface area contributed by atoms with Crippen molar-refractivity contribution in [2.24, 2.45) is 0 Å². The number of rotatable bonds is 4. The number of fused-ring (bicyclic) bond motifs is 3. The number of carboxylic acid groups (broad SMARTS) is 1. The van der Waals surface area contributed by atoms with E-state index >= 15 is 0 Å². The van der Waals surface area contributed by atoms with Crippen LogP contribution in [0.4, 0.5) is 0 Å². The van der Waals surface area contributed by atoms with Gasteiger partial charge in [-0.25, -0.2) is 4.79 Å². The molecule has 0 bridgehead atoms. The minimum Gasteiger partial charge on any atom is -0.478 e. The third-order valence-corrected chi connectivity index (χ3v) is 4.46. The maximum Gasteiger partial charge on any atom is 0.335 e. The Labute approximate surface area is 143 Å². The fourth-order valence-corrected chi connectivity index (χ4v) is 3.19. The van der Waals surface area contributed by atoms with Crippen molar-refractivity contribution in [2.45, 2.75) is 13.2 Å². The quantitative estimate of drug-likeness (QED) is 0.600. The second-order valence-electron chi connectivity index (χ2n) is 5.99. The van der Waals surface area contributed by atoms with Crippen molar-refractivity contribution in [3.8, 4) is 0 Å². The fraction of sp³-hybridized carbons (Fsp3) is 0.100. The topological polar surface area (TPSA) is 75.3 Å². The molecule has 0 spiro atoms. The van der Waals surface area contributed by atoms with E-state index in [0.29, 0.717) is 6.54 Å². The van der Waals surface area contributed by atoms with Gasteiger partial charge in [-0.3, -0.25) is 4.98 Å². The highest BCUT2D eigenvalue weighted by molar-refractivity contribution is 6.07. The van der Waals surface area contributed by atoms with Gasteiger partial charge in [-0.2, -0.15) is 0 Å². The van der Waals surface area contributed by atoms with E-state index in [-0.39, 0.29) is 12.2 Å². The van der Waals surface area contributed by atoms with Crippen molar-refractivity contribution in [2.75, 3.05) is 0 Å². The van der Waals surface area contributed by atoms with E-state index in [2.05, 4.69) is 9.55 Å². The Morgan fingerprint density at radius 3 is 2.40 bits per heavy atom. The zero-order valence-corrected chi connectivity index (χ0v) is 13.4. The van der Waals surface area contributed by atoms with Crippen LogP contribution >= 0.6 is 0 Å². The van der Waals surface area contributed by atoms with E-state index in [0.717, 1.165) is 32.9 Å². The summed E-state index contributed by atoms with van der Waals surface area (Å²) in [5, 5.41) is 20.7. The number of pyridine rings is 1. The molecule has 2 aromatic carbocycles. The number of aromatic carboxylic acids is 1. The summed E-state index contributed by atoms with van der Waals surface area (Å²) in [7, 11) is 0. The number of aliphatic hydroxyl groups is 1. The van der Waals surface area contributed by atoms with Crippen LogP contribution in [0.15, 0.2) is 60.9 Å². The van der Waals surface area contributed by atoms with Crippen molar-refractivity contribution in [3.63, 3.8) is 0 Å². The number of carbonyl (C=O) groups is 1. The molecule has 0 amide bonds. The molecule has 0 aliphatic carbocycles. The molecule has 4 aromatic rings. The molecule has 2 aromatic heterocycles. The summed E-state index contributed by atoms with van der Waals surface area (Å²) in [4.78, 5) is 15.3. The second kappa shape index (κ2) is 6.03. The summed E-state index contributed by atoms with van der Waals surface area (Å²) in [5.74, 6) is -0.930. The summed E-state index contributed by atoms with van der Waals surface area (Å²) in [6.07, 6.45) is 3.60. The number of aromatic nitrogens is 2. The molecule has 0 radical (unpaired) electrons. The van der Waals surface area contributed by atoms with E-state index in [1.807, 2.05) is 42.6 Å². The largest absolute Gasteiger partial charge is 0.478 e. The summed E-state index contributed by atoms with van der Waals surface area (Å²) in [6, 6.07) is 14.8. The lowest BCUT2D eigenvalue weighted by Crippen LogP contribution is -2.01. The van der Waals surface area contributed by atoms with Gasteiger partial charge in [-0.15, -0.1) is 0 Å². The normalized spacial score (nSPS) is 11.2. The van der Waals surface area contributed by atoms with Crippen molar-refractivity contribution in [3.05, 3.63) is 77.6 Å². The van der Waals surface area contributed by atoms with Gasteiger partial charge in [0.15, 0.2) is 0 Å².